The lowest BCUT2D eigenvalue weighted by molar-refractivity contribution is 0.635. The molecular formula is C7H14. The molecule has 0 heterocycles. The summed E-state index contributed by atoms with van der Waals surface area (Å²) in [5.74, 6) is 0.713. The molecule has 0 nitrogen and oxygen atoms in total. The maximum atomic E-state index is 3.68. The minimum absolute atomic E-state index is 0.713. The Labute approximate surface area is 46.2 Å². The topological polar surface area (TPSA) is 0 Å². The van der Waals surface area contributed by atoms with Crippen molar-refractivity contribution in [2.75, 3.05) is 0 Å². The van der Waals surface area contributed by atoms with Gasteiger partial charge in [0.25, 0.3) is 0 Å². The Morgan fingerprint density at radius 2 is 2.29 bits per heavy atom. The van der Waals surface area contributed by atoms with Crippen LogP contribution >= 0.6 is 0 Å². The van der Waals surface area contributed by atoms with Crippen molar-refractivity contribution >= 4 is 0 Å². The van der Waals surface area contributed by atoms with Gasteiger partial charge in [-0.1, -0.05) is 26.3 Å². The van der Waals surface area contributed by atoms with Crippen molar-refractivity contribution < 1.29 is 0 Å². The van der Waals surface area contributed by atoms with Gasteiger partial charge in [-0.05, 0) is 12.3 Å². The Balaban J connectivity index is 2.98. The third-order valence-electron chi connectivity index (χ3n) is 1.15. The van der Waals surface area contributed by atoms with Crippen LogP contribution in [-0.4, -0.2) is 0 Å². The third kappa shape index (κ3) is 3.57. The number of hydrogen-bond acceptors (Lipinski definition) is 0. The highest BCUT2D eigenvalue weighted by molar-refractivity contribution is 4.73. The fourth-order valence-electron chi connectivity index (χ4n) is 0.573. The van der Waals surface area contributed by atoms with Gasteiger partial charge in [0.15, 0.2) is 0 Å². The van der Waals surface area contributed by atoms with Crippen LogP contribution in [0.25, 0.3) is 0 Å². The van der Waals surface area contributed by atoms with Gasteiger partial charge in [-0.3, -0.25) is 0 Å². The largest absolute Gasteiger partial charge is 0.103 e. The summed E-state index contributed by atoms with van der Waals surface area (Å²) < 4.78 is 0. The summed E-state index contributed by atoms with van der Waals surface area (Å²) in [6.45, 7) is 8.06. The molecule has 0 aromatic rings. The van der Waals surface area contributed by atoms with Crippen molar-refractivity contribution in [2.45, 2.75) is 26.7 Å². The number of rotatable bonds is 3. The average molecular weight is 98.2 g/mol. The highest BCUT2D eigenvalue weighted by Gasteiger charge is 1.89. The summed E-state index contributed by atoms with van der Waals surface area (Å²) >= 11 is 0. The standard InChI is InChI=1S/C7H14/c1-4-6-7(3)5-2/h5,7H,2,4,6H2,1,3H3. The van der Waals surface area contributed by atoms with Gasteiger partial charge >= 0.3 is 0 Å². The number of allylic oxidation sites excluding steroid dienone is 1. The van der Waals surface area contributed by atoms with E-state index >= 15 is 0 Å². The highest BCUT2D eigenvalue weighted by atomic mass is 13.9. The lowest BCUT2D eigenvalue weighted by Crippen LogP contribution is -1.84. The van der Waals surface area contributed by atoms with Crippen LogP contribution in [0.15, 0.2) is 12.7 Å². The molecule has 0 heteroatoms. The van der Waals surface area contributed by atoms with Crippen LogP contribution < -0.4 is 0 Å². The summed E-state index contributed by atoms with van der Waals surface area (Å²) in [6.07, 6.45) is 4.56. The molecule has 0 fully saturated rings. The molecule has 0 aromatic heterocycles. The molecule has 0 amide bonds. The predicted molar refractivity (Wildman–Crippen MR) is 34.3 cm³/mol. The summed E-state index contributed by atoms with van der Waals surface area (Å²) in [5, 5.41) is 0. The maximum absolute atomic E-state index is 3.68. The minimum Gasteiger partial charge on any atom is -0.103 e. The van der Waals surface area contributed by atoms with E-state index in [0.717, 1.165) is 0 Å². The van der Waals surface area contributed by atoms with Gasteiger partial charge in [-0.25, -0.2) is 0 Å². The van der Waals surface area contributed by atoms with Gasteiger partial charge in [-0.2, -0.15) is 0 Å². The van der Waals surface area contributed by atoms with Gasteiger partial charge in [0, 0.05) is 0 Å². The van der Waals surface area contributed by atoms with E-state index in [2.05, 4.69) is 20.4 Å². The van der Waals surface area contributed by atoms with Crippen molar-refractivity contribution in [2.24, 2.45) is 5.92 Å². The Kier molecular flexibility index (Phi) is 3.77. The molecule has 0 aliphatic rings. The van der Waals surface area contributed by atoms with Crippen LogP contribution in [0.3, 0.4) is 0 Å². The maximum Gasteiger partial charge on any atom is -0.0265 e. The summed E-state index contributed by atoms with van der Waals surface area (Å²) in [5.41, 5.74) is 0. The lowest BCUT2D eigenvalue weighted by Gasteiger charge is -1.98. The molecule has 42 valence electrons. The molecule has 1 atom stereocenters. The summed E-state index contributed by atoms with van der Waals surface area (Å²) in [6, 6.07) is 0. The molecule has 1 unspecified atom stereocenters. The van der Waals surface area contributed by atoms with Crippen molar-refractivity contribution in [3.05, 3.63) is 12.7 Å². The summed E-state index contributed by atoms with van der Waals surface area (Å²) in [4.78, 5) is 0. The smallest absolute Gasteiger partial charge is 0.0265 e. The first-order chi connectivity index (χ1) is 3.31. The quantitative estimate of drug-likeness (QED) is 0.476. The second kappa shape index (κ2) is 3.91. The fourth-order valence-corrected chi connectivity index (χ4v) is 0.573. The molecule has 0 aliphatic carbocycles. The van der Waals surface area contributed by atoms with Crippen molar-refractivity contribution in [1.29, 1.82) is 0 Å². The van der Waals surface area contributed by atoms with E-state index in [-0.39, 0.29) is 0 Å². The van der Waals surface area contributed by atoms with Crippen LogP contribution in [0.4, 0.5) is 0 Å². The first-order valence-electron chi connectivity index (χ1n) is 2.93. The molecule has 0 aromatic carbocycles. The SMILES string of the molecule is C=CC(C)CCC. The zero-order valence-electron chi connectivity index (χ0n) is 5.28. The van der Waals surface area contributed by atoms with Crippen LogP contribution in [0, 0.1) is 5.92 Å². The van der Waals surface area contributed by atoms with E-state index in [1.54, 1.807) is 0 Å². The Morgan fingerprint density at radius 1 is 1.71 bits per heavy atom. The lowest BCUT2D eigenvalue weighted by atomic mass is 10.1. The van der Waals surface area contributed by atoms with E-state index in [9.17, 15) is 0 Å². The molecule has 0 saturated heterocycles. The van der Waals surface area contributed by atoms with E-state index < -0.39 is 0 Å². The molecule has 0 aliphatic heterocycles. The molecule has 0 bridgehead atoms. The van der Waals surface area contributed by atoms with Crippen LogP contribution in [0.1, 0.15) is 26.7 Å². The van der Waals surface area contributed by atoms with Gasteiger partial charge in [0.05, 0.1) is 0 Å². The Morgan fingerprint density at radius 3 is 2.43 bits per heavy atom. The van der Waals surface area contributed by atoms with Gasteiger partial charge in [-0.15, -0.1) is 6.58 Å². The fraction of sp³-hybridized carbons (Fsp3) is 0.714. The Hall–Kier alpha value is -0.260. The van der Waals surface area contributed by atoms with Crippen molar-refractivity contribution in [3.63, 3.8) is 0 Å². The molecule has 0 radical (unpaired) electrons. The van der Waals surface area contributed by atoms with E-state index in [0.29, 0.717) is 5.92 Å². The zero-order chi connectivity index (χ0) is 5.70. The van der Waals surface area contributed by atoms with Gasteiger partial charge < -0.3 is 0 Å². The first-order valence-corrected chi connectivity index (χ1v) is 2.93. The zero-order valence-corrected chi connectivity index (χ0v) is 5.28. The van der Waals surface area contributed by atoms with E-state index in [1.807, 2.05) is 6.08 Å². The number of hydrogen-bond donors (Lipinski definition) is 0. The molecule has 0 N–H and O–H groups in total. The second-order valence-electron chi connectivity index (χ2n) is 2.00. The third-order valence-corrected chi connectivity index (χ3v) is 1.15. The van der Waals surface area contributed by atoms with Crippen molar-refractivity contribution in [3.8, 4) is 0 Å². The van der Waals surface area contributed by atoms with Crippen LogP contribution in [0.2, 0.25) is 0 Å². The van der Waals surface area contributed by atoms with E-state index in [1.165, 1.54) is 12.8 Å². The molecule has 0 saturated carbocycles. The molecule has 0 rings (SSSR count). The van der Waals surface area contributed by atoms with Crippen LogP contribution in [-0.2, 0) is 0 Å². The molecule has 7 heavy (non-hydrogen) atoms. The minimum atomic E-state index is 0.713. The predicted octanol–water partition coefficient (Wildman–Crippen LogP) is 2.61. The van der Waals surface area contributed by atoms with Gasteiger partial charge in [0.2, 0.25) is 0 Å². The average Bonchev–Trinajstić information content (AvgIpc) is 1.68. The normalized spacial score (nSPS) is 13.4. The second-order valence-corrected chi connectivity index (χ2v) is 2.00. The Bertz CT molecular complexity index is 46.0. The molecular weight excluding hydrogens is 84.1 g/mol. The van der Waals surface area contributed by atoms with Crippen LogP contribution in [0.5, 0.6) is 0 Å². The highest BCUT2D eigenvalue weighted by Crippen LogP contribution is 2.03. The summed E-state index contributed by atoms with van der Waals surface area (Å²) in [7, 11) is 0. The first kappa shape index (κ1) is 6.74. The monoisotopic (exact) mass is 98.1 g/mol. The van der Waals surface area contributed by atoms with E-state index in [4.69, 9.17) is 0 Å². The van der Waals surface area contributed by atoms with Gasteiger partial charge in [0.1, 0.15) is 0 Å². The van der Waals surface area contributed by atoms with Crippen molar-refractivity contribution in [1.82, 2.24) is 0 Å². The molecule has 0 spiro atoms.